The van der Waals surface area contributed by atoms with Crippen molar-refractivity contribution in [2.24, 2.45) is 0 Å². The van der Waals surface area contributed by atoms with Gasteiger partial charge in [0.1, 0.15) is 0 Å². The Bertz CT molecular complexity index is 130. The summed E-state index contributed by atoms with van der Waals surface area (Å²) >= 11 is 0.508. The molecule has 0 saturated heterocycles. The van der Waals surface area contributed by atoms with Gasteiger partial charge in [0.25, 0.3) is 5.97 Å². The van der Waals surface area contributed by atoms with Crippen LogP contribution in [0.2, 0.25) is 0 Å². The predicted octanol–water partition coefficient (Wildman–Crippen LogP) is 0.200. The molecule has 0 N–H and O–H groups in total. The summed E-state index contributed by atoms with van der Waals surface area (Å²) in [6.07, 6.45) is 3.63. The van der Waals surface area contributed by atoms with Gasteiger partial charge in [0.15, 0.2) is 0 Å². The Labute approximate surface area is 82.8 Å². The van der Waals surface area contributed by atoms with Crippen LogP contribution in [0, 0.1) is 0 Å². The molecule has 0 saturated carbocycles. The van der Waals surface area contributed by atoms with E-state index in [1.54, 1.807) is 0 Å². The maximum absolute atomic E-state index is 10.8. The van der Waals surface area contributed by atoms with Crippen LogP contribution < -0.4 is 0 Å². The fourth-order valence-electron chi connectivity index (χ4n) is 0.996. The van der Waals surface area contributed by atoms with Crippen LogP contribution in [0.25, 0.3) is 0 Å². The van der Waals surface area contributed by atoms with Gasteiger partial charge in [-0.15, -0.1) is 0 Å². The van der Waals surface area contributed by atoms with E-state index in [0.29, 0.717) is 23.2 Å². The van der Waals surface area contributed by atoms with Gasteiger partial charge in [0.2, 0.25) is 0 Å². The molecule has 0 radical (unpaired) electrons. The molecule has 0 aromatic rings. The molecule has 0 aromatic heterocycles. The van der Waals surface area contributed by atoms with Crippen LogP contribution in [0.5, 0.6) is 0 Å². The molecule has 4 heteroatoms. The number of hydrogen-bond acceptors (Lipinski definition) is 3. The molecule has 0 unspecified atom stereocenters. The molecule has 0 aromatic carbocycles. The van der Waals surface area contributed by atoms with Gasteiger partial charge in [0.05, 0.1) is 6.54 Å². The predicted molar refractivity (Wildman–Crippen MR) is 51.7 cm³/mol. The van der Waals surface area contributed by atoms with Gasteiger partial charge >= 0.3 is 16.6 Å². The normalized spacial score (nSPS) is 10.2. The lowest BCUT2D eigenvalue weighted by molar-refractivity contribution is -0.134. The minimum Gasteiger partial charge on any atom is -0.621 e. The van der Waals surface area contributed by atoms with E-state index in [9.17, 15) is 4.79 Å². The van der Waals surface area contributed by atoms with Crippen LogP contribution >= 0.6 is 0 Å². The lowest BCUT2D eigenvalue weighted by atomic mass is 10.2. The second-order valence-electron chi connectivity index (χ2n) is 3.02. The van der Waals surface area contributed by atoms with Crippen LogP contribution in [0.1, 0.15) is 26.2 Å². The van der Waals surface area contributed by atoms with E-state index in [1.807, 2.05) is 11.9 Å². The standard InChI is InChI=1S/C8H17NO2.Al.2H/c1-3-4-5-6-9(2)7-8(10)11;;;/h3-7H2,1-2H3,(H,10,11);;;/q;+1;;/p-1. The van der Waals surface area contributed by atoms with Gasteiger partial charge < -0.3 is 3.79 Å². The van der Waals surface area contributed by atoms with Crippen molar-refractivity contribution < 1.29 is 8.58 Å². The summed E-state index contributed by atoms with van der Waals surface area (Å²) in [5.41, 5.74) is 0. The summed E-state index contributed by atoms with van der Waals surface area (Å²) in [6, 6.07) is 0. The highest BCUT2D eigenvalue weighted by Crippen LogP contribution is 1.95. The van der Waals surface area contributed by atoms with E-state index < -0.39 is 0 Å². The molecule has 0 aliphatic carbocycles. The third-order valence-electron chi connectivity index (χ3n) is 1.77. The third-order valence-corrected chi connectivity index (χ3v) is 2.23. The summed E-state index contributed by atoms with van der Waals surface area (Å²) in [4.78, 5) is 12.8. The monoisotopic (exact) mass is 187 g/mol. The first-order chi connectivity index (χ1) is 5.70. The molecule has 0 spiro atoms. The quantitative estimate of drug-likeness (QED) is 0.439. The summed E-state index contributed by atoms with van der Waals surface area (Å²) in [7, 11) is 1.95. The molecule has 70 valence electrons. The first-order valence-electron chi connectivity index (χ1n) is 4.46. The highest BCUT2D eigenvalue weighted by molar-refractivity contribution is 6.05. The fraction of sp³-hybridized carbons (Fsp3) is 0.875. The first-order valence-corrected chi connectivity index (χ1v) is 5.27. The van der Waals surface area contributed by atoms with Gasteiger partial charge in [-0.3, -0.25) is 9.69 Å². The van der Waals surface area contributed by atoms with Gasteiger partial charge in [-0.2, -0.15) is 0 Å². The van der Waals surface area contributed by atoms with E-state index in [1.165, 1.54) is 19.3 Å². The molecule has 0 heterocycles. The molecule has 3 nitrogen and oxygen atoms in total. The average Bonchev–Trinajstić information content (AvgIpc) is 2.05. The van der Waals surface area contributed by atoms with Crippen molar-refractivity contribution >= 4 is 22.6 Å². The molecule has 0 atom stereocenters. The van der Waals surface area contributed by atoms with Crippen molar-refractivity contribution in [3.63, 3.8) is 0 Å². The van der Waals surface area contributed by atoms with Crippen molar-refractivity contribution in [3.8, 4) is 0 Å². The molecule has 12 heavy (non-hydrogen) atoms. The number of hydrogen-bond donors (Lipinski definition) is 0. The second-order valence-corrected chi connectivity index (χ2v) is 3.43. The van der Waals surface area contributed by atoms with Gasteiger partial charge in [-0.25, -0.2) is 0 Å². The molecule has 0 amide bonds. The molecular formula is C8H18AlNO2. The van der Waals surface area contributed by atoms with Gasteiger partial charge in [-0.05, 0) is 20.0 Å². The van der Waals surface area contributed by atoms with Crippen molar-refractivity contribution in [3.05, 3.63) is 0 Å². The molecule has 0 fully saturated rings. The van der Waals surface area contributed by atoms with E-state index >= 15 is 0 Å². The fourth-order valence-corrected chi connectivity index (χ4v) is 1.12. The smallest absolute Gasteiger partial charge is 0.499 e. The molecule has 0 bridgehead atoms. The number of unbranched alkanes of at least 4 members (excludes halogenated alkanes) is 2. The van der Waals surface area contributed by atoms with Crippen LogP contribution in [0.3, 0.4) is 0 Å². The molecule has 0 rings (SSSR count). The minimum atomic E-state index is -0.0966. The highest BCUT2D eigenvalue weighted by Gasteiger charge is 2.03. The third kappa shape index (κ3) is 6.66. The van der Waals surface area contributed by atoms with E-state index in [4.69, 9.17) is 0 Å². The van der Waals surface area contributed by atoms with Crippen molar-refractivity contribution in [2.45, 2.75) is 26.2 Å². The number of carbonyl (C=O) groups excluding carboxylic acids is 1. The summed E-state index contributed by atoms with van der Waals surface area (Å²) in [5.74, 6) is -0.0966. The first kappa shape index (κ1) is 12.0. The van der Waals surface area contributed by atoms with Crippen molar-refractivity contribution in [1.82, 2.24) is 4.90 Å². The Hall–Kier alpha value is -0.0375. The SMILES string of the molecule is CCCCCN(C)CC(=O)[O][AlH2]. The Balaban J connectivity index is 3.32. The Morgan fingerprint density at radius 2 is 2.17 bits per heavy atom. The Morgan fingerprint density at radius 1 is 1.50 bits per heavy atom. The molecule has 0 aliphatic heterocycles. The van der Waals surface area contributed by atoms with Gasteiger partial charge in [0, 0.05) is 0 Å². The van der Waals surface area contributed by atoms with Crippen LogP contribution in [-0.2, 0) is 8.58 Å². The van der Waals surface area contributed by atoms with Crippen LogP contribution in [0.4, 0.5) is 0 Å². The van der Waals surface area contributed by atoms with Crippen LogP contribution in [-0.4, -0.2) is 47.6 Å². The maximum atomic E-state index is 10.8. The summed E-state index contributed by atoms with van der Waals surface area (Å²) in [6.45, 7) is 3.60. The maximum Gasteiger partial charge on any atom is 0.499 e. The van der Waals surface area contributed by atoms with E-state index in [2.05, 4.69) is 10.7 Å². The summed E-state index contributed by atoms with van der Waals surface area (Å²) in [5, 5.41) is 0. The number of likely N-dealkylation sites (N-methyl/N-ethyl adjacent to an activating group) is 1. The van der Waals surface area contributed by atoms with E-state index in [-0.39, 0.29) is 5.97 Å². The minimum absolute atomic E-state index is 0.0966. The Morgan fingerprint density at radius 3 is 2.67 bits per heavy atom. The topological polar surface area (TPSA) is 29.5 Å². The van der Waals surface area contributed by atoms with Crippen molar-refractivity contribution in [1.29, 1.82) is 0 Å². The zero-order valence-corrected chi connectivity index (χ0v) is 10.3. The second kappa shape index (κ2) is 7.60. The molecule has 0 aliphatic rings. The number of rotatable bonds is 6. The van der Waals surface area contributed by atoms with Gasteiger partial charge in [-0.1, -0.05) is 19.8 Å². The van der Waals surface area contributed by atoms with Crippen molar-refractivity contribution in [2.75, 3.05) is 20.1 Å². The molecular weight excluding hydrogens is 169 g/mol. The van der Waals surface area contributed by atoms with Crippen LogP contribution in [0.15, 0.2) is 0 Å². The summed E-state index contributed by atoms with van der Waals surface area (Å²) < 4.78 is 4.69. The lowest BCUT2D eigenvalue weighted by Gasteiger charge is -2.14. The number of carbonyl (C=O) groups is 1. The zero-order chi connectivity index (χ0) is 9.40. The van der Waals surface area contributed by atoms with E-state index in [0.717, 1.165) is 6.54 Å². The Kier molecular flexibility index (Phi) is 7.58. The zero-order valence-electron chi connectivity index (χ0n) is 8.30. The largest absolute Gasteiger partial charge is 0.621 e. The highest BCUT2D eigenvalue weighted by atomic mass is 27.1. The lowest BCUT2D eigenvalue weighted by Crippen LogP contribution is -2.27. The average molecular weight is 187 g/mol. The number of nitrogens with zero attached hydrogens (tertiary/aromatic N) is 1.